The molecular weight excluding hydrogens is 370 g/mol. The second-order valence-electron chi connectivity index (χ2n) is 7.38. The Morgan fingerprint density at radius 1 is 1.28 bits per heavy atom. The quantitative estimate of drug-likeness (QED) is 0.673. The number of rotatable bonds is 9. The van der Waals surface area contributed by atoms with Crippen molar-refractivity contribution >= 4 is 17.7 Å². The standard InChI is InChI=1S/C22H29N3O4/c1-5-14(3)9-10-25-18(6-2)15(4)11-17(22(25)29)21(28)24-19-8-7-16(13-23-19)12-20(26)27/h7-8,11,13-14H,5-6,9-10,12H2,1-4H3,(H,26,27)(H,23,24,28). The van der Waals surface area contributed by atoms with Crippen LogP contribution in [0, 0.1) is 12.8 Å². The number of carboxylic acid groups (broad SMARTS) is 1. The minimum Gasteiger partial charge on any atom is -0.481 e. The molecule has 1 atom stereocenters. The predicted molar refractivity (Wildman–Crippen MR) is 112 cm³/mol. The Kier molecular flexibility index (Phi) is 7.70. The summed E-state index contributed by atoms with van der Waals surface area (Å²) in [6.07, 6.45) is 3.90. The maximum Gasteiger partial charge on any atom is 0.307 e. The molecular formula is C22H29N3O4. The number of carbonyl (C=O) groups excluding carboxylic acids is 1. The summed E-state index contributed by atoms with van der Waals surface area (Å²) in [5.74, 6) is -0.700. The van der Waals surface area contributed by atoms with Crippen LogP contribution >= 0.6 is 0 Å². The molecule has 0 bridgehead atoms. The monoisotopic (exact) mass is 399 g/mol. The zero-order valence-corrected chi connectivity index (χ0v) is 17.5. The molecule has 0 spiro atoms. The number of amides is 1. The number of anilines is 1. The maximum atomic E-state index is 13.0. The lowest BCUT2D eigenvalue weighted by Gasteiger charge is -2.18. The highest BCUT2D eigenvalue weighted by atomic mass is 16.4. The first-order valence-electron chi connectivity index (χ1n) is 9.98. The van der Waals surface area contributed by atoms with Gasteiger partial charge in [0.15, 0.2) is 0 Å². The lowest BCUT2D eigenvalue weighted by molar-refractivity contribution is -0.136. The van der Waals surface area contributed by atoms with Gasteiger partial charge in [-0.2, -0.15) is 0 Å². The van der Waals surface area contributed by atoms with E-state index >= 15 is 0 Å². The fraction of sp³-hybridized carbons (Fsp3) is 0.455. The highest BCUT2D eigenvalue weighted by molar-refractivity contribution is 6.03. The summed E-state index contributed by atoms with van der Waals surface area (Å²) in [5, 5.41) is 11.5. The number of nitrogens with one attached hydrogen (secondary N) is 1. The second kappa shape index (κ2) is 10.0. The number of pyridine rings is 2. The van der Waals surface area contributed by atoms with Crippen molar-refractivity contribution in [2.24, 2.45) is 5.92 Å². The van der Waals surface area contributed by atoms with E-state index in [1.807, 2.05) is 13.8 Å². The number of hydrogen-bond acceptors (Lipinski definition) is 4. The average molecular weight is 399 g/mol. The molecule has 2 aromatic rings. The number of hydrogen-bond donors (Lipinski definition) is 2. The summed E-state index contributed by atoms with van der Waals surface area (Å²) in [7, 11) is 0. The maximum absolute atomic E-state index is 13.0. The largest absolute Gasteiger partial charge is 0.481 e. The molecule has 0 radical (unpaired) electrons. The van der Waals surface area contributed by atoms with Crippen LogP contribution in [0.3, 0.4) is 0 Å². The molecule has 2 N–H and O–H groups in total. The van der Waals surface area contributed by atoms with Crippen LogP contribution in [-0.2, 0) is 24.2 Å². The fourth-order valence-electron chi connectivity index (χ4n) is 3.23. The second-order valence-corrected chi connectivity index (χ2v) is 7.38. The van der Waals surface area contributed by atoms with Gasteiger partial charge < -0.3 is 15.0 Å². The summed E-state index contributed by atoms with van der Waals surface area (Å²) >= 11 is 0. The number of aliphatic carboxylic acids is 1. The third kappa shape index (κ3) is 5.76. The van der Waals surface area contributed by atoms with Crippen molar-refractivity contribution in [2.45, 2.75) is 59.9 Å². The molecule has 2 aromatic heterocycles. The van der Waals surface area contributed by atoms with E-state index in [0.29, 0.717) is 18.0 Å². The molecule has 1 amide bonds. The van der Waals surface area contributed by atoms with Crippen LogP contribution in [0.5, 0.6) is 0 Å². The molecule has 0 saturated heterocycles. The van der Waals surface area contributed by atoms with Crippen LogP contribution < -0.4 is 10.9 Å². The van der Waals surface area contributed by atoms with Gasteiger partial charge >= 0.3 is 5.97 Å². The third-order valence-electron chi connectivity index (χ3n) is 5.16. The molecule has 2 rings (SSSR count). The molecule has 7 nitrogen and oxygen atoms in total. The minimum absolute atomic E-state index is 0.0836. The van der Waals surface area contributed by atoms with Gasteiger partial charge in [-0.3, -0.25) is 14.4 Å². The van der Waals surface area contributed by atoms with Gasteiger partial charge in [0.25, 0.3) is 11.5 Å². The first-order chi connectivity index (χ1) is 13.8. The molecule has 7 heteroatoms. The van der Waals surface area contributed by atoms with Gasteiger partial charge in [0.05, 0.1) is 6.42 Å². The van der Waals surface area contributed by atoms with Crippen LogP contribution in [0.15, 0.2) is 29.2 Å². The number of nitrogens with zero attached hydrogens (tertiary/aromatic N) is 2. The molecule has 1 unspecified atom stereocenters. The van der Waals surface area contributed by atoms with Gasteiger partial charge in [0.1, 0.15) is 11.4 Å². The van der Waals surface area contributed by atoms with E-state index in [2.05, 4.69) is 24.1 Å². The molecule has 2 heterocycles. The van der Waals surface area contributed by atoms with Crippen molar-refractivity contribution in [1.29, 1.82) is 0 Å². The van der Waals surface area contributed by atoms with Gasteiger partial charge in [-0.1, -0.05) is 33.3 Å². The van der Waals surface area contributed by atoms with Crippen LogP contribution in [0.25, 0.3) is 0 Å². The van der Waals surface area contributed by atoms with Crippen LogP contribution in [-0.4, -0.2) is 26.5 Å². The predicted octanol–water partition coefficient (Wildman–Crippen LogP) is 3.43. The van der Waals surface area contributed by atoms with E-state index in [1.165, 1.54) is 12.3 Å². The van der Waals surface area contributed by atoms with E-state index < -0.39 is 11.9 Å². The summed E-state index contributed by atoms with van der Waals surface area (Å²) in [6.45, 7) is 8.77. The Morgan fingerprint density at radius 3 is 2.55 bits per heavy atom. The van der Waals surface area contributed by atoms with Gasteiger partial charge in [0.2, 0.25) is 0 Å². The third-order valence-corrected chi connectivity index (χ3v) is 5.16. The van der Waals surface area contributed by atoms with E-state index in [-0.39, 0.29) is 23.4 Å². The number of carbonyl (C=O) groups is 2. The summed E-state index contributed by atoms with van der Waals surface area (Å²) in [6, 6.07) is 4.76. The fourth-order valence-corrected chi connectivity index (χ4v) is 3.23. The number of carboxylic acids is 1. The van der Waals surface area contributed by atoms with Crippen molar-refractivity contribution in [3.8, 4) is 0 Å². The van der Waals surface area contributed by atoms with Gasteiger partial charge in [-0.25, -0.2) is 4.98 Å². The van der Waals surface area contributed by atoms with Gasteiger partial charge in [-0.15, -0.1) is 0 Å². The normalized spacial score (nSPS) is 11.9. The summed E-state index contributed by atoms with van der Waals surface area (Å²) in [4.78, 5) is 40.6. The molecule has 0 aromatic carbocycles. The average Bonchev–Trinajstić information content (AvgIpc) is 2.68. The van der Waals surface area contributed by atoms with Crippen molar-refractivity contribution in [1.82, 2.24) is 9.55 Å². The lowest BCUT2D eigenvalue weighted by atomic mass is 10.0. The van der Waals surface area contributed by atoms with Crippen molar-refractivity contribution in [2.75, 3.05) is 5.32 Å². The van der Waals surface area contributed by atoms with E-state index in [0.717, 1.165) is 30.5 Å². The molecule has 0 saturated carbocycles. The smallest absolute Gasteiger partial charge is 0.307 e. The van der Waals surface area contributed by atoms with E-state index in [1.54, 1.807) is 16.7 Å². The first kappa shape index (κ1) is 22.3. The molecule has 0 aliphatic carbocycles. The highest BCUT2D eigenvalue weighted by Crippen LogP contribution is 2.14. The van der Waals surface area contributed by atoms with Crippen molar-refractivity contribution in [3.05, 3.63) is 57.1 Å². The Morgan fingerprint density at radius 2 is 2.00 bits per heavy atom. The molecule has 29 heavy (non-hydrogen) atoms. The Bertz CT molecular complexity index is 932. The van der Waals surface area contributed by atoms with Gasteiger partial charge in [-0.05, 0) is 48.9 Å². The zero-order valence-electron chi connectivity index (χ0n) is 17.5. The zero-order chi connectivity index (χ0) is 21.6. The molecule has 156 valence electrons. The summed E-state index contributed by atoms with van der Waals surface area (Å²) in [5.41, 5.74) is 2.18. The van der Waals surface area contributed by atoms with Crippen LogP contribution in [0.4, 0.5) is 5.82 Å². The Hall–Kier alpha value is -2.96. The van der Waals surface area contributed by atoms with E-state index in [9.17, 15) is 14.4 Å². The van der Waals surface area contributed by atoms with Crippen molar-refractivity contribution < 1.29 is 14.7 Å². The molecule has 0 aliphatic heterocycles. The van der Waals surface area contributed by atoms with Gasteiger partial charge in [0, 0.05) is 18.4 Å². The minimum atomic E-state index is -0.951. The lowest BCUT2D eigenvalue weighted by Crippen LogP contribution is -2.32. The van der Waals surface area contributed by atoms with E-state index in [4.69, 9.17) is 5.11 Å². The summed E-state index contributed by atoms with van der Waals surface area (Å²) < 4.78 is 1.72. The Labute approximate surface area is 170 Å². The highest BCUT2D eigenvalue weighted by Gasteiger charge is 2.18. The Balaban J connectivity index is 2.28. The first-order valence-corrected chi connectivity index (χ1v) is 9.98. The van der Waals surface area contributed by atoms with Crippen molar-refractivity contribution in [3.63, 3.8) is 0 Å². The van der Waals surface area contributed by atoms with Crippen LogP contribution in [0.1, 0.15) is 60.8 Å². The number of aromatic nitrogens is 2. The van der Waals surface area contributed by atoms with Crippen LogP contribution in [0.2, 0.25) is 0 Å². The molecule has 0 fully saturated rings. The number of aryl methyl sites for hydroxylation is 1. The topological polar surface area (TPSA) is 101 Å². The SMILES string of the molecule is CCc1c(C)cc(C(=O)Nc2ccc(CC(=O)O)cn2)c(=O)n1CCC(C)CC. The molecule has 0 aliphatic rings.